The number of ether oxygens (including phenoxy) is 1. The number of hydrogen-bond acceptors (Lipinski definition) is 4. The first-order valence-corrected chi connectivity index (χ1v) is 7.12. The maximum atomic E-state index is 13.4. The summed E-state index contributed by atoms with van der Waals surface area (Å²) in [5.41, 5.74) is 0.776. The van der Waals surface area contributed by atoms with E-state index in [1.165, 1.54) is 23.5 Å². The molecule has 110 valence electrons. The van der Waals surface area contributed by atoms with Crippen molar-refractivity contribution >= 4 is 23.4 Å². The van der Waals surface area contributed by atoms with E-state index >= 15 is 0 Å². The smallest absolute Gasteiger partial charge is 0.328 e. The van der Waals surface area contributed by atoms with E-state index in [1.54, 1.807) is 18.2 Å². The molecule has 0 aliphatic rings. The van der Waals surface area contributed by atoms with Gasteiger partial charge >= 0.3 is 5.97 Å². The van der Waals surface area contributed by atoms with Gasteiger partial charge in [-0.3, -0.25) is 0 Å². The number of nitrogens with zero attached hydrogens (tertiary/aromatic N) is 1. The third-order valence-electron chi connectivity index (χ3n) is 2.66. The molecule has 2 rings (SSSR count). The van der Waals surface area contributed by atoms with Crippen LogP contribution in [0.15, 0.2) is 30.3 Å². The van der Waals surface area contributed by atoms with Crippen molar-refractivity contribution in [2.24, 2.45) is 0 Å². The van der Waals surface area contributed by atoms with Gasteiger partial charge in [0, 0.05) is 12.5 Å². The number of carboxylic acid groups (broad SMARTS) is 1. The molecule has 2 aromatic rings. The zero-order valence-electron chi connectivity index (χ0n) is 11.4. The summed E-state index contributed by atoms with van der Waals surface area (Å²) in [4.78, 5) is 15.6. The molecule has 0 unspecified atom stereocenters. The Morgan fingerprint density at radius 2 is 2.24 bits per heavy atom. The van der Waals surface area contributed by atoms with Gasteiger partial charge in [-0.05, 0) is 25.1 Å². The molecular weight excluding hydrogens is 293 g/mol. The maximum absolute atomic E-state index is 13.4. The molecule has 0 aliphatic carbocycles. The number of aromatic nitrogens is 1. The van der Waals surface area contributed by atoms with Crippen LogP contribution in [0.5, 0.6) is 5.75 Å². The van der Waals surface area contributed by atoms with Crippen molar-refractivity contribution in [1.29, 1.82) is 0 Å². The summed E-state index contributed by atoms with van der Waals surface area (Å²) in [6.07, 6.45) is 3.15. The largest absolute Gasteiger partial charge is 0.490 e. The first-order chi connectivity index (χ1) is 10.1. The highest BCUT2D eigenvalue weighted by Gasteiger charge is 2.07. The first-order valence-electron chi connectivity index (χ1n) is 6.31. The highest BCUT2D eigenvalue weighted by atomic mass is 32.1. The van der Waals surface area contributed by atoms with Gasteiger partial charge in [-0.15, -0.1) is 11.3 Å². The summed E-state index contributed by atoms with van der Waals surface area (Å²) < 4.78 is 18.7. The van der Waals surface area contributed by atoms with E-state index < -0.39 is 11.8 Å². The van der Waals surface area contributed by atoms with Crippen LogP contribution >= 0.6 is 11.3 Å². The van der Waals surface area contributed by atoms with Gasteiger partial charge in [0.25, 0.3) is 0 Å². The zero-order valence-corrected chi connectivity index (χ0v) is 12.2. The SMILES string of the molecule is Cc1nc(CCOc2ccccc2F)sc1/C=C/C(=O)O. The lowest BCUT2D eigenvalue weighted by molar-refractivity contribution is -0.131. The third kappa shape index (κ3) is 4.39. The van der Waals surface area contributed by atoms with E-state index in [1.807, 2.05) is 6.92 Å². The van der Waals surface area contributed by atoms with Gasteiger partial charge in [0.1, 0.15) is 0 Å². The molecule has 1 aromatic carbocycles. The number of para-hydroxylation sites is 1. The predicted octanol–water partition coefficient (Wildman–Crippen LogP) is 3.31. The van der Waals surface area contributed by atoms with E-state index in [-0.39, 0.29) is 5.75 Å². The van der Waals surface area contributed by atoms with Gasteiger partial charge in [-0.25, -0.2) is 14.2 Å². The number of hydrogen-bond donors (Lipinski definition) is 1. The van der Waals surface area contributed by atoms with Crippen LogP contribution in [0.1, 0.15) is 15.6 Å². The number of benzene rings is 1. The van der Waals surface area contributed by atoms with Crippen LogP contribution in [0, 0.1) is 12.7 Å². The number of rotatable bonds is 6. The van der Waals surface area contributed by atoms with Gasteiger partial charge in [0.2, 0.25) is 0 Å². The van der Waals surface area contributed by atoms with E-state index in [4.69, 9.17) is 9.84 Å². The summed E-state index contributed by atoms with van der Waals surface area (Å²) >= 11 is 1.41. The second-order valence-electron chi connectivity index (χ2n) is 4.26. The van der Waals surface area contributed by atoms with E-state index in [2.05, 4.69) is 4.98 Å². The first kappa shape index (κ1) is 15.2. The second kappa shape index (κ2) is 6.99. The molecule has 0 bridgehead atoms. The maximum Gasteiger partial charge on any atom is 0.328 e. The fourth-order valence-corrected chi connectivity index (χ4v) is 2.64. The monoisotopic (exact) mass is 307 g/mol. The van der Waals surface area contributed by atoms with E-state index in [0.29, 0.717) is 13.0 Å². The lowest BCUT2D eigenvalue weighted by Crippen LogP contribution is -2.02. The summed E-state index contributed by atoms with van der Waals surface area (Å²) in [6.45, 7) is 2.13. The van der Waals surface area contributed by atoms with Crippen LogP contribution in [-0.4, -0.2) is 22.7 Å². The summed E-state index contributed by atoms with van der Waals surface area (Å²) in [6, 6.07) is 6.23. The summed E-state index contributed by atoms with van der Waals surface area (Å²) in [5, 5.41) is 9.44. The number of aryl methyl sites for hydroxylation is 1. The van der Waals surface area contributed by atoms with Crippen LogP contribution in [0.25, 0.3) is 6.08 Å². The molecule has 4 nitrogen and oxygen atoms in total. The van der Waals surface area contributed by atoms with Crippen molar-refractivity contribution in [3.8, 4) is 5.75 Å². The molecule has 0 atom stereocenters. The number of aliphatic carboxylic acids is 1. The molecule has 0 spiro atoms. The molecule has 1 aromatic heterocycles. The van der Waals surface area contributed by atoms with Crippen molar-refractivity contribution in [3.05, 3.63) is 51.7 Å². The zero-order chi connectivity index (χ0) is 15.2. The van der Waals surface area contributed by atoms with Gasteiger partial charge in [0.05, 0.1) is 22.2 Å². The van der Waals surface area contributed by atoms with Crippen molar-refractivity contribution < 1.29 is 19.0 Å². The fraction of sp³-hybridized carbons (Fsp3) is 0.200. The molecule has 0 saturated carbocycles. The van der Waals surface area contributed by atoms with Crippen LogP contribution in [0.3, 0.4) is 0 Å². The minimum absolute atomic E-state index is 0.219. The van der Waals surface area contributed by atoms with Crippen molar-refractivity contribution in [2.45, 2.75) is 13.3 Å². The summed E-state index contributed by atoms with van der Waals surface area (Å²) in [7, 11) is 0. The molecule has 21 heavy (non-hydrogen) atoms. The molecule has 0 radical (unpaired) electrons. The summed E-state index contributed by atoms with van der Waals surface area (Å²) in [5.74, 6) is -1.16. The Labute approximate surface area is 125 Å². The molecule has 0 fully saturated rings. The van der Waals surface area contributed by atoms with Gasteiger partial charge in [0.15, 0.2) is 11.6 Å². The van der Waals surface area contributed by atoms with Crippen LogP contribution in [-0.2, 0) is 11.2 Å². The lowest BCUT2D eigenvalue weighted by atomic mass is 10.3. The van der Waals surface area contributed by atoms with E-state index in [9.17, 15) is 9.18 Å². The Morgan fingerprint density at radius 3 is 2.95 bits per heavy atom. The van der Waals surface area contributed by atoms with Gasteiger partial charge < -0.3 is 9.84 Å². The Bertz CT molecular complexity index is 667. The third-order valence-corrected chi connectivity index (χ3v) is 3.85. The van der Waals surface area contributed by atoms with Crippen molar-refractivity contribution in [2.75, 3.05) is 6.61 Å². The average molecular weight is 307 g/mol. The number of carbonyl (C=O) groups is 1. The van der Waals surface area contributed by atoms with Crippen LogP contribution < -0.4 is 4.74 Å². The molecule has 0 saturated heterocycles. The lowest BCUT2D eigenvalue weighted by Gasteiger charge is -2.05. The standard InChI is InChI=1S/C15H14FNO3S/c1-10-13(6-7-15(18)19)21-14(17-10)8-9-20-12-5-3-2-4-11(12)16/h2-7H,8-9H2,1H3,(H,18,19)/b7-6+. The van der Waals surface area contributed by atoms with E-state index in [0.717, 1.165) is 21.7 Å². The number of thiazole rings is 1. The Morgan fingerprint density at radius 1 is 1.48 bits per heavy atom. The van der Waals surface area contributed by atoms with Crippen molar-refractivity contribution in [1.82, 2.24) is 4.98 Å². The molecule has 0 amide bonds. The molecule has 1 N–H and O–H groups in total. The highest BCUT2D eigenvalue weighted by molar-refractivity contribution is 7.12. The second-order valence-corrected chi connectivity index (χ2v) is 5.37. The molecular formula is C15H14FNO3S. The van der Waals surface area contributed by atoms with Gasteiger partial charge in [-0.1, -0.05) is 12.1 Å². The Kier molecular flexibility index (Phi) is 5.05. The van der Waals surface area contributed by atoms with Crippen LogP contribution in [0.4, 0.5) is 4.39 Å². The highest BCUT2D eigenvalue weighted by Crippen LogP contribution is 2.21. The minimum atomic E-state index is -0.993. The Hall–Kier alpha value is -2.21. The predicted molar refractivity (Wildman–Crippen MR) is 79.1 cm³/mol. The molecule has 0 aliphatic heterocycles. The quantitative estimate of drug-likeness (QED) is 0.832. The fourth-order valence-electron chi connectivity index (χ4n) is 1.68. The number of halogens is 1. The minimum Gasteiger partial charge on any atom is -0.490 e. The van der Waals surface area contributed by atoms with Crippen LogP contribution in [0.2, 0.25) is 0 Å². The molecule has 6 heteroatoms. The molecule has 1 heterocycles. The normalized spacial score (nSPS) is 11.0. The topological polar surface area (TPSA) is 59.4 Å². The average Bonchev–Trinajstić information content (AvgIpc) is 2.79. The Balaban J connectivity index is 1.94. The number of carboxylic acids is 1. The van der Waals surface area contributed by atoms with Crippen molar-refractivity contribution in [3.63, 3.8) is 0 Å². The van der Waals surface area contributed by atoms with Gasteiger partial charge in [-0.2, -0.15) is 0 Å².